The lowest BCUT2D eigenvalue weighted by Crippen LogP contribution is -2.65. The third kappa shape index (κ3) is 3.72. The summed E-state index contributed by atoms with van der Waals surface area (Å²) in [6.07, 6.45) is -4.00. The molecule has 2 aliphatic heterocycles. The van der Waals surface area contributed by atoms with Gasteiger partial charge >= 0.3 is 0 Å². The summed E-state index contributed by atoms with van der Waals surface area (Å²) in [7, 11) is 0. The summed E-state index contributed by atoms with van der Waals surface area (Å²) in [6.45, 7) is 4.18. The number of fused-ring (bicyclic) bond motifs is 4. The molecule has 0 amide bonds. The molecule has 1 saturated heterocycles. The van der Waals surface area contributed by atoms with Crippen LogP contribution >= 0.6 is 11.3 Å². The largest absolute Gasteiger partial charge is 0.394 e. The molecule has 0 saturated carbocycles. The molecule has 1 fully saturated rings. The summed E-state index contributed by atoms with van der Waals surface area (Å²) >= 11 is 1.49. The van der Waals surface area contributed by atoms with Crippen LogP contribution < -0.4 is 0 Å². The fourth-order valence-corrected chi connectivity index (χ4v) is 6.44. The topological polar surface area (TPSA) is 99.4 Å². The third-order valence-corrected chi connectivity index (χ3v) is 8.30. The normalized spacial score (nSPS) is 29.7. The van der Waals surface area contributed by atoms with Crippen molar-refractivity contribution in [3.05, 3.63) is 69.6 Å². The summed E-state index contributed by atoms with van der Waals surface area (Å²) in [5.41, 5.74) is 4.73. The standard InChI is InChI=1S/C26H30O6S/c1-14(2)16-8-6-15(7-9-16)12-17-4-3-5-18-19-10-11-31-26(25(19)33-23(17)18)24(30)22(29)21(28)20(13-27)32-26/h3-9,14,20-22,24,27-30H,10-13H2,1-2H3/t20-,21-,22+,24-,26+/m1/s1. The maximum Gasteiger partial charge on any atom is 0.234 e. The lowest BCUT2D eigenvalue weighted by molar-refractivity contribution is -0.374. The quantitative estimate of drug-likeness (QED) is 0.468. The second-order valence-electron chi connectivity index (χ2n) is 9.31. The molecule has 33 heavy (non-hydrogen) atoms. The highest BCUT2D eigenvalue weighted by molar-refractivity contribution is 7.19. The van der Waals surface area contributed by atoms with Gasteiger partial charge in [-0.05, 0) is 46.4 Å². The van der Waals surface area contributed by atoms with Crippen LogP contribution in [0.3, 0.4) is 0 Å². The molecule has 0 radical (unpaired) electrons. The SMILES string of the molecule is CC(C)c1ccc(Cc2cccc3c4c(sc23)[C@@]2(OCC4)O[C@H](CO)[C@@H](O)[C@H](O)[C@H]2O)cc1. The van der Waals surface area contributed by atoms with Crippen molar-refractivity contribution in [2.24, 2.45) is 0 Å². The van der Waals surface area contributed by atoms with Crippen LogP contribution in [0.1, 0.15) is 46.9 Å². The van der Waals surface area contributed by atoms with Crippen LogP contribution in [-0.4, -0.2) is 58.1 Å². The number of hydrogen-bond donors (Lipinski definition) is 4. The fraction of sp³-hybridized carbons (Fsp3) is 0.462. The van der Waals surface area contributed by atoms with E-state index in [1.165, 1.54) is 28.0 Å². The van der Waals surface area contributed by atoms with E-state index in [0.717, 1.165) is 22.1 Å². The van der Waals surface area contributed by atoms with E-state index < -0.39 is 36.8 Å². The molecule has 3 aromatic rings. The Bertz CT molecular complexity index is 1140. The fourth-order valence-electron chi connectivity index (χ4n) is 4.96. The Hall–Kier alpha value is -1.84. The van der Waals surface area contributed by atoms with Crippen LogP contribution in [-0.2, 0) is 28.1 Å². The first kappa shape index (κ1) is 22.9. The minimum atomic E-state index is -1.61. The molecule has 5 atom stereocenters. The van der Waals surface area contributed by atoms with Crippen LogP contribution in [0.25, 0.3) is 10.1 Å². The Labute approximate surface area is 197 Å². The molecule has 7 heteroatoms. The van der Waals surface area contributed by atoms with Gasteiger partial charge in [-0.15, -0.1) is 11.3 Å². The van der Waals surface area contributed by atoms with Gasteiger partial charge in [0.05, 0.1) is 18.1 Å². The van der Waals surface area contributed by atoms with Crippen molar-refractivity contribution in [1.82, 2.24) is 0 Å². The van der Waals surface area contributed by atoms with Crippen molar-refractivity contribution in [3.63, 3.8) is 0 Å². The van der Waals surface area contributed by atoms with Gasteiger partial charge in [-0.1, -0.05) is 56.3 Å². The Kier molecular flexibility index (Phi) is 6.07. The van der Waals surface area contributed by atoms with Crippen molar-refractivity contribution < 1.29 is 29.9 Å². The first-order valence-electron chi connectivity index (χ1n) is 11.4. The van der Waals surface area contributed by atoms with E-state index in [2.05, 4.69) is 50.2 Å². The first-order valence-corrected chi connectivity index (χ1v) is 12.3. The van der Waals surface area contributed by atoms with Crippen molar-refractivity contribution in [2.45, 2.75) is 62.8 Å². The predicted molar refractivity (Wildman–Crippen MR) is 126 cm³/mol. The number of benzene rings is 2. The Morgan fingerprint density at radius 2 is 1.82 bits per heavy atom. The van der Waals surface area contributed by atoms with Crippen molar-refractivity contribution >= 4 is 21.4 Å². The van der Waals surface area contributed by atoms with E-state index in [0.29, 0.717) is 23.8 Å². The molecule has 3 heterocycles. The third-order valence-electron chi connectivity index (χ3n) is 6.88. The maximum atomic E-state index is 10.9. The van der Waals surface area contributed by atoms with Crippen molar-refractivity contribution in [2.75, 3.05) is 13.2 Å². The van der Waals surface area contributed by atoms with Crippen molar-refractivity contribution in [1.29, 1.82) is 0 Å². The summed E-state index contributed by atoms with van der Waals surface area (Å²) in [5.74, 6) is -1.12. The van der Waals surface area contributed by atoms with E-state index in [1.807, 2.05) is 6.07 Å². The summed E-state index contributed by atoms with van der Waals surface area (Å²) in [6, 6.07) is 14.9. The number of aliphatic hydroxyl groups excluding tert-OH is 4. The molecule has 2 aromatic carbocycles. The zero-order valence-corrected chi connectivity index (χ0v) is 19.6. The van der Waals surface area contributed by atoms with Crippen LogP contribution in [0.2, 0.25) is 0 Å². The van der Waals surface area contributed by atoms with Crippen LogP contribution in [0.4, 0.5) is 0 Å². The van der Waals surface area contributed by atoms with Crippen molar-refractivity contribution in [3.8, 4) is 0 Å². The lowest BCUT2D eigenvalue weighted by atomic mass is 9.88. The van der Waals surface area contributed by atoms with Gasteiger partial charge in [-0.2, -0.15) is 0 Å². The molecule has 0 aliphatic carbocycles. The highest BCUT2D eigenvalue weighted by Crippen LogP contribution is 2.49. The van der Waals surface area contributed by atoms with E-state index in [-0.39, 0.29) is 0 Å². The molecule has 176 valence electrons. The Balaban J connectivity index is 1.57. The molecule has 1 spiro atoms. The van der Waals surface area contributed by atoms with E-state index in [1.54, 1.807) is 0 Å². The number of thiophene rings is 1. The molecule has 1 aromatic heterocycles. The van der Waals surface area contributed by atoms with E-state index in [9.17, 15) is 20.4 Å². The summed E-state index contributed by atoms with van der Waals surface area (Å²) in [4.78, 5) is 0.697. The Morgan fingerprint density at radius 1 is 1.06 bits per heavy atom. The predicted octanol–water partition coefficient (Wildman–Crippen LogP) is 2.81. The van der Waals surface area contributed by atoms with Crippen LogP contribution in [0.15, 0.2) is 42.5 Å². The van der Waals surface area contributed by atoms with E-state index >= 15 is 0 Å². The lowest BCUT2D eigenvalue weighted by Gasteiger charge is -2.49. The molecule has 4 N–H and O–H groups in total. The monoisotopic (exact) mass is 470 g/mol. The number of ether oxygens (including phenoxy) is 2. The second-order valence-corrected chi connectivity index (χ2v) is 10.3. The highest BCUT2D eigenvalue weighted by atomic mass is 32.1. The zero-order chi connectivity index (χ0) is 23.3. The zero-order valence-electron chi connectivity index (χ0n) is 18.8. The van der Waals surface area contributed by atoms with Gasteiger partial charge in [-0.25, -0.2) is 0 Å². The number of rotatable bonds is 4. The molecule has 6 nitrogen and oxygen atoms in total. The van der Waals surface area contributed by atoms with Gasteiger partial charge in [-0.3, -0.25) is 0 Å². The molecule has 2 aliphatic rings. The van der Waals surface area contributed by atoms with Gasteiger partial charge in [0.25, 0.3) is 0 Å². The molecule has 0 unspecified atom stereocenters. The first-order chi connectivity index (χ1) is 15.9. The minimum Gasteiger partial charge on any atom is -0.394 e. The summed E-state index contributed by atoms with van der Waals surface area (Å²) in [5, 5.41) is 42.5. The smallest absolute Gasteiger partial charge is 0.234 e. The van der Waals surface area contributed by atoms with Gasteiger partial charge in [0.15, 0.2) is 0 Å². The molecule has 5 rings (SSSR count). The highest BCUT2D eigenvalue weighted by Gasteiger charge is 2.58. The molecule has 0 bridgehead atoms. The number of aliphatic hydroxyl groups is 4. The second kappa shape index (κ2) is 8.74. The Morgan fingerprint density at radius 3 is 2.52 bits per heavy atom. The van der Waals surface area contributed by atoms with Crippen LogP contribution in [0.5, 0.6) is 0 Å². The summed E-state index contributed by atoms with van der Waals surface area (Å²) < 4.78 is 13.1. The average molecular weight is 471 g/mol. The van der Waals surface area contributed by atoms with Gasteiger partial charge in [0.2, 0.25) is 5.79 Å². The van der Waals surface area contributed by atoms with Gasteiger partial charge < -0.3 is 29.9 Å². The van der Waals surface area contributed by atoms with E-state index in [4.69, 9.17) is 9.47 Å². The molecular weight excluding hydrogens is 440 g/mol. The minimum absolute atomic E-state index is 0.303. The maximum absolute atomic E-state index is 10.9. The van der Waals surface area contributed by atoms with Gasteiger partial charge in [0, 0.05) is 4.70 Å². The van der Waals surface area contributed by atoms with Crippen LogP contribution in [0, 0.1) is 0 Å². The molecular formula is C26H30O6S. The number of hydrogen-bond acceptors (Lipinski definition) is 7. The average Bonchev–Trinajstić information content (AvgIpc) is 3.22. The van der Waals surface area contributed by atoms with Gasteiger partial charge in [0.1, 0.15) is 24.4 Å².